The summed E-state index contributed by atoms with van der Waals surface area (Å²) in [5, 5.41) is 0. The molecule has 4 atom stereocenters. The van der Waals surface area contributed by atoms with Gasteiger partial charge in [-0.1, -0.05) is 87.5 Å². The monoisotopic (exact) mass is 447 g/mol. The SMILES string of the molecule is C=CCC[C@@](C)(Cc1ccccc1)CC1(C(=O)OCc2ccccc2)C[C@@](CC)(CN)[C@H]1C. The van der Waals surface area contributed by atoms with Gasteiger partial charge in [0, 0.05) is 0 Å². The van der Waals surface area contributed by atoms with Crippen molar-refractivity contribution in [2.24, 2.45) is 27.9 Å². The van der Waals surface area contributed by atoms with Crippen molar-refractivity contribution in [2.45, 2.75) is 65.9 Å². The zero-order chi connectivity index (χ0) is 24.0. The summed E-state index contributed by atoms with van der Waals surface area (Å²) in [5.74, 6) is 0.122. The van der Waals surface area contributed by atoms with Crippen LogP contribution in [-0.2, 0) is 22.6 Å². The van der Waals surface area contributed by atoms with Crippen LogP contribution in [0.4, 0.5) is 0 Å². The Morgan fingerprint density at radius 1 is 1.15 bits per heavy atom. The second-order valence-electron chi connectivity index (χ2n) is 10.5. The molecule has 178 valence electrons. The fourth-order valence-electron chi connectivity index (χ4n) is 6.16. The van der Waals surface area contributed by atoms with Crippen molar-refractivity contribution in [1.29, 1.82) is 0 Å². The van der Waals surface area contributed by atoms with Crippen LogP contribution in [0.5, 0.6) is 0 Å². The Kier molecular flexibility index (Phi) is 8.18. The molecule has 0 radical (unpaired) electrons. The highest BCUT2D eigenvalue weighted by atomic mass is 16.5. The molecule has 2 aromatic rings. The molecule has 33 heavy (non-hydrogen) atoms. The van der Waals surface area contributed by atoms with Crippen molar-refractivity contribution in [3.8, 4) is 0 Å². The number of ether oxygens (including phenoxy) is 1. The lowest BCUT2D eigenvalue weighted by molar-refractivity contribution is -0.198. The topological polar surface area (TPSA) is 52.3 Å². The Morgan fingerprint density at radius 3 is 2.27 bits per heavy atom. The van der Waals surface area contributed by atoms with Crippen molar-refractivity contribution < 1.29 is 9.53 Å². The van der Waals surface area contributed by atoms with E-state index in [1.165, 1.54) is 5.56 Å². The number of nitrogens with two attached hydrogens (primary N) is 1. The standard InChI is InChI=1S/C30H41NO2/c1-5-7-18-28(4,19-25-14-10-8-11-15-25)21-30(22-29(6-2,23-31)24(30)3)27(32)33-20-26-16-12-9-13-17-26/h5,8-17,24H,1,6-7,18-23,31H2,2-4H3/t24-,28+,29+,30?/m1/s1. The largest absolute Gasteiger partial charge is 0.460 e. The zero-order valence-electron chi connectivity index (χ0n) is 20.7. The predicted octanol–water partition coefficient (Wildman–Crippen LogP) is 6.72. The van der Waals surface area contributed by atoms with Gasteiger partial charge in [-0.15, -0.1) is 6.58 Å². The van der Waals surface area contributed by atoms with Gasteiger partial charge in [-0.3, -0.25) is 4.79 Å². The van der Waals surface area contributed by atoms with Crippen LogP contribution in [-0.4, -0.2) is 12.5 Å². The summed E-state index contributed by atoms with van der Waals surface area (Å²) in [5.41, 5.74) is 8.06. The van der Waals surface area contributed by atoms with Crippen LogP contribution in [0.1, 0.15) is 64.0 Å². The van der Waals surface area contributed by atoms with Crippen LogP contribution in [0.25, 0.3) is 0 Å². The van der Waals surface area contributed by atoms with E-state index in [4.69, 9.17) is 10.5 Å². The number of carbonyl (C=O) groups is 1. The van der Waals surface area contributed by atoms with E-state index in [2.05, 4.69) is 57.7 Å². The Morgan fingerprint density at radius 2 is 1.76 bits per heavy atom. The molecule has 3 heteroatoms. The normalized spacial score (nSPS) is 26.1. The van der Waals surface area contributed by atoms with Gasteiger partial charge in [0.05, 0.1) is 5.41 Å². The molecule has 0 aliphatic heterocycles. The number of rotatable bonds is 12. The van der Waals surface area contributed by atoms with Gasteiger partial charge in [0.15, 0.2) is 0 Å². The van der Waals surface area contributed by atoms with Crippen molar-refractivity contribution in [1.82, 2.24) is 0 Å². The van der Waals surface area contributed by atoms with Crippen molar-refractivity contribution in [2.75, 3.05) is 6.54 Å². The number of carbonyl (C=O) groups excluding carboxylic acids is 1. The predicted molar refractivity (Wildman–Crippen MR) is 137 cm³/mol. The number of benzene rings is 2. The van der Waals surface area contributed by atoms with Crippen LogP contribution in [0, 0.1) is 22.2 Å². The summed E-state index contributed by atoms with van der Waals surface area (Å²) in [6.45, 7) is 11.6. The first-order valence-electron chi connectivity index (χ1n) is 12.4. The molecule has 0 aromatic heterocycles. The van der Waals surface area contributed by atoms with E-state index in [9.17, 15) is 4.79 Å². The molecular formula is C30H41NO2. The first-order valence-corrected chi connectivity index (χ1v) is 12.4. The van der Waals surface area contributed by atoms with Crippen LogP contribution in [0.2, 0.25) is 0 Å². The minimum atomic E-state index is -0.505. The quantitative estimate of drug-likeness (QED) is 0.290. The summed E-state index contributed by atoms with van der Waals surface area (Å²) in [4.78, 5) is 13.8. The van der Waals surface area contributed by atoms with Crippen molar-refractivity contribution >= 4 is 5.97 Å². The first kappa shape index (κ1) is 25.2. The lowest BCUT2D eigenvalue weighted by Gasteiger charge is -2.62. The summed E-state index contributed by atoms with van der Waals surface area (Å²) in [6, 6.07) is 20.6. The Balaban J connectivity index is 1.88. The summed E-state index contributed by atoms with van der Waals surface area (Å²) in [7, 11) is 0. The second kappa shape index (κ2) is 10.7. The van der Waals surface area contributed by atoms with Crippen LogP contribution >= 0.6 is 0 Å². The van der Waals surface area contributed by atoms with E-state index in [0.717, 1.165) is 44.1 Å². The lowest BCUT2D eigenvalue weighted by atomic mass is 9.41. The molecule has 1 aliphatic carbocycles. The summed E-state index contributed by atoms with van der Waals surface area (Å²) >= 11 is 0. The van der Waals surface area contributed by atoms with Crippen LogP contribution in [0.15, 0.2) is 73.3 Å². The maximum absolute atomic E-state index is 13.8. The van der Waals surface area contributed by atoms with E-state index < -0.39 is 5.41 Å². The molecule has 1 saturated carbocycles. The zero-order valence-corrected chi connectivity index (χ0v) is 20.7. The lowest BCUT2D eigenvalue weighted by Crippen LogP contribution is -2.63. The van der Waals surface area contributed by atoms with Gasteiger partial charge in [-0.25, -0.2) is 0 Å². The average Bonchev–Trinajstić information content (AvgIpc) is 2.84. The Bertz CT molecular complexity index is 905. The Hall–Kier alpha value is -2.39. The fourth-order valence-corrected chi connectivity index (χ4v) is 6.16. The van der Waals surface area contributed by atoms with E-state index in [-0.39, 0.29) is 22.7 Å². The summed E-state index contributed by atoms with van der Waals surface area (Å²) in [6.07, 6.45) is 7.45. The van der Waals surface area contributed by atoms with Gasteiger partial charge in [-0.2, -0.15) is 0 Å². The second-order valence-corrected chi connectivity index (χ2v) is 10.5. The molecule has 0 heterocycles. The molecule has 1 aliphatic rings. The number of hydrogen-bond acceptors (Lipinski definition) is 3. The fraction of sp³-hybridized carbons (Fsp3) is 0.500. The molecule has 0 bridgehead atoms. The highest BCUT2D eigenvalue weighted by Crippen LogP contribution is 2.65. The smallest absolute Gasteiger partial charge is 0.312 e. The van der Waals surface area contributed by atoms with E-state index >= 15 is 0 Å². The van der Waals surface area contributed by atoms with Gasteiger partial charge in [-0.05, 0) is 72.9 Å². The van der Waals surface area contributed by atoms with Gasteiger partial charge >= 0.3 is 5.97 Å². The molecule has 3 rings (SSSR count). The molecule has 2 aromatic carbocycles. The minimum absolute atomic E-state index is 0.0118. The maximum atomic E-state index is 13.8. The third-order valence-electron chi connectivity index (χ3n) is 8.31. The Labute approximate surface area is 200 Å². The molecule has 0 spiro atoms. The van der Waals surface area contributed by atoms with E-state index in [1.807, 2.05) is 36.4 Å². The van der Waals surface area contributed by atoms with Crippen LogP contribution in [0.3, 0.4) is 0 Å². The molecule has 0 saturated heterocycles. The third kappa shape index (κ3) is 5.41. The molecule has 2 N–H and O–H groups in total. The van der Waals surface area contributed by atoms with Gasteiger partial charge in [0.25, 0.3) is 0 Å². The molecule has 3 nitrogen and oxygen atoms in total. The van der Waals surface area contributed by atoms with Crippen molar-refractivity contribution in [3.05, 3.63) is 84.4 Å². The van der Waals surface area contributed by atoms with Gasteiger partial charge < -0.3 is 10.5 Å². The highest BCUT2D eigenvalue weighted by molar-refractivity contribution is 5.79. The number of allylic oxidation sites excluding steroid dienone is 1. The summed E-state index contributed by atoms with van der Waals surface area (Å²) < 4.78 is 5.99. The van der Waals surface area contributed by atoms with E-state index in [1.54, 1.807) is 0 Å². The molecule has 0 amide bonds. The van der Waals surface area contributed by atoms with E-state index in [0.29, 0.717) is 13.2 Å². The third-order valence-corrected chi connectivity index (χ3v) is 8.31. The number of hydrogen-bond donors (Lipinski definition) is 1. The number of esters is 1. The molecular weight excluding hydrogens is 406 g/mol. The first-order chi connectivity index (χ1) is 15.8. The minimum Gasteiger partial charge on any atom is -0.460 e. The van der Waals surface area contributed by atoms with Gasteiger partial charge in [0.1, 0.15) is 6.61 Å². The van der Waals surface area contributed by atoms with Crippen molar-refractivity contribution in [3.63, 3.8) is 0 Å². The average molecular weight is 448 g/mol. The maximum Gasteiger partial charge on any atom is 0.312 e. The molecule has 1 unspecified atom stereocenters. The van der Waals surface area contributed by atoms with Gasteiger partial charge in [0.2, 0.25) is 0 Å². The highest BCUT2D eigenvalue weighted by Gasteiger charge is 2.65. The molecule has 1 fully saturated rings. The van der Waals surface area contributed by atoms with Crippen LogP contribution < -0.4 is 5.73 Å².